The first-order valence-electron chi connectivity index (χ1n) is 7.28. The van der Waals surface area contributed by atoms with Crippen molar-refractivity contribution in [3.63, 3.8) is 0 Å². The highest BCUT2D eigenvalue weighted by molar-refractivity contribution is 6.06. The molecule has 1 N–H and O–H groups in total. The fraction of sp³-hybridized carbons (Fsp3) is 0.222. The minimum atomic E-state index is -0.424. The van der Waals surface area contributed by atoms with Gasteiger partial charge in [0.15, 0.2) is 0 Å². The number of rotatable bonds is 4. The summed E-state index contributed by atoms with van der Waals surface area (Å²) in [4.78, 5) is 14.3. The molecule has 23 heavy (non-hydrogen) atoms. The zero-order chi connectivity index (χ0) is 17.0. The Bertz CT molecular complexity index is 757. The summed E-state index contributed by atoms with van der Waals surface area (Å²) < 4.78 is 1.67. The average Bonchev–Trinajstić information content (AvgIpc) is 2.84. The monoisotopic (exact) mass is 308 g/mol. The number of anilines is 1. The summed E-state index contributed by atoms with van der Waals surface area (Å²) in [6.45, 7) is 3.78. The van der Waals surface area contributed by atoms with E-state index in [1.54, 1.807) is 10.8 Å². The van der Waals surface area contributed by atoms with E-state index in [4.69, 9.17) is 0 Å². The van der Waals surface area contributed by atoms with Gasteiger partial charge in [0.2, 0.25) is 0 Å². The van der Waals surface area contributed by atoms with E-state index in [2.05, 4.69) is 5.43 Å². The van der Waals surface area contributed by atoms with Crippen molar-refractivity contribution in [3.05, 3.63) is 58.9 Å². The van der Waals surface area contributed by atoms with Crippen LogP contribution < -0.4 is 10.3 Å². The van der Waals surface area contributed by atoms with Crippen LogP contribution in [0.25, 0.3) is 6.08 Å². The zero-order valence-corrected chi connectivity index (χ0v) is 13.8. The Morgan fingerprint density at radius 2 is 1.70 bits per heavy atom. The Labute approximate surface area is 136 Å². The van der Waals surface area contributed by atoms with Gasteiger partial charge in [-0.2, -0.15) is 5.26 Å². The molecule has 0 aliphatic heterocycles. The van der Waals surface area contributed by atoms with Crippen LogP contribution in [-0.4, -0.2) is 24.7 Å². The molecule has 1 aromatic carbocycles. The highest BCUT2D eigenvalue weighted by atomic mass is 16.2. The zero-order valence-electron chi connectivity index (χ0n) is 13.8. The van der Waals surface area contributed by atoms with E-state index in [0.717, 1.165) is 22.6 Å². The molecule has 0 saturated heterocycles. The van der Waals surface area contributed by atoms with Gasteiger partial charge in [-0.05, 0) is 49.8 Å². The van der Waals surface area contributed by atoms with E-state index in [1.807, 2.05) is 75.3 Å². The second-order valence-electron chi connectivity index (χ2n) is 5.55. The van der Waals surface area contributed by atoms with Crippen LogP contribution in [0.4, 0.5) is 5.69 Å². The molecule has 2 rings (SSSR count). The van der Waals surface area contributed by atoms with Crippen molar-refractivity contribution in [2.75, 3.05) is 24.4 Å². The number of nitriles is 1. The molecule has 0 spiro atoms. The lowest BCUT2D eigenvalue weighted by Gasteiger charge is -2.12. The fourth-order valence-corrected chi connectivity index (χ4v) is 2.19. The minimum absolute atomic E-state index is 0.0649. The van der Waals surface area contributed by atoms with Crippen LogP contribution in [0.1, 0.15) is 17.0 Å². The van der Waals surface area contributed by atoms with Crippen LogP contribution in [-0.2, 0) is 4.79 Å². The Hall–Kier alpha value is -3.00. The molecular formula is C18H20N4O. The summed E-state index contributed by atoms with van der Waals surface area (Å²) >= 11 is 0. The van der Waals surface area contributed by atoms with Gasteiger partial charge < -0.3 is 4.90 Å². The molecule has 0 fully saturated rings. The molecule has 0 saturated carbocycles. The van der Waals surface area contributed by atoms with Crippen LogP contribution in [0.3, 0.4) is 0 Å². The Morgan fingerprint density at radius 1 is 1.13 bits per heavy atom. The van der Waals surface area contributed by atoms with Crippen molar-refractivity contribution in [1.29, 1.82) is 5.26 Å². The van der Waals surface area contributed by atoms with Gasteiger partial charge in [0.05, 0.1) is 0 Å². The number of hydrogen-bond acceptors (Lipinski definition) is 3. The lowest BCUT2D eigenvalue weighted by molar-refractivity contribution is -0.113. The summed E-state index contributed by atoms with van der Waals surface area (Å²) in [6, 6.07) is 13.4. The molecule has 1 heterocycles. The maximum absolute atomic E-state index is 12.3. The van der Waals surface area contributed by atoms with E-state index in [1.165, 1.54) is 0 Å². The van der Waals surface area contributed by atoms with Gasteiger partial charge in [0, 0.05) is 31.2 Å². The Balaban J connectivity index is 2.21. The predicted octanol–water partition coefficient (Wildman–Crippen LogP) is 2.85. The van der Waals surface area contributed by atoms with Gasteiger partial charge in [-0.3, -0.25) is 14.9 Å². The normalized spacial score (nSPS) is 11.0. The number of aromatic nitrogens is 1. The summed E-state index contributed by atoms with van der Waals surface area (Å²) in [5.41, 5.74) is 6.48. The maximum Gasteiger partial charge on any atom is 0.280 e. The Kier molecular flexibility index (Phi) is 4.87. The second-order valence-corrected chi connectivity index (χ2v) is 5.55. The topological polar surface area (TPSA) is 61.1 Å². The van der Waals surface area contributed by atoms with Gasteiger partial charge in [0.25, 0.3) is 5.91 Å². The highest BCUT2D eigenvalue weighted by Gasteiger charge is 2.11. The first-order chi connectivity index (χ1) is 10.9. The molecule has 0 radical (unpaired) electrons. The fourth-order valence-electron chi connectivity index (χ4n) is 2.19. The van der Waals surface area contributed by atoms with Crippen molar-refractivity contribution in [1.82, 2.24) is 4.68 Å². The minimum Gasteiger partial charge on any atom is -0.378 e. The van der Waals surface area contributed by atoms with Gasteiger partial charge >= 0.3 is 0 Å². The third-order valence-electron chi connectivity index (χ3n) is 3.57. The molecule has 1 aromatic heterocycles. The van der Waals surface area contributed by atoms with Crippen LogP contribution in [0, 0.1) is 25.2 Å². The van der Waals surface area contributed by atoms with E-state index in [0.29, 0.717) is 0 Å². The average molecular weight is 308 g/mol. The SMILES string of the molecule is Cc1ccc(C)n1NC(=O)/C(C#N)=C/c1ccc(N(C)C)cc1. The van der Waals surface area contributed by atoms with Crippen molar-refractivity contribution in [3.8, 4) is 6.07 Å². The van der Waals surface area contributed by atoms with Crippen LogP contribution in [0.15, 0.2) is 42.0 Å². The third-order valence-corrected chi connectivity index (χ3v) is 3.57. The molecule has 5 nitrogen and oxygen atoms in total. The smallest absolute Gasteiger partial charge is 0.280 e. The molecule has 118 valence electrons. The third kappa shape index (κ3) is 3.80. The quantitative estimate of drug-likeness (QED) is 0.698. The van der Waals surface area contributed by atoms with Gasteiger partial charge in [-0.25, -0.2) is 0 Å². The first kappa shape index (κ1) is 16.4. The standard InChI is InChI=1S/C18H20N4O/c1-13-5-6-14(2)22(13)20-18(23)16(12-19)11-15-7-9-17(10-8-15)21(3)4/h5-11H,1-4H3,(H,20,23)/b16-11+. The molecule has 0 aliphatic rings. The number of amides is 1. The number of carbonyl (C=O) groups excluding carboxylic acids is 1. The number of benzene rings is 1. The Morgan fingerprint density at radius 3 is 2.17 bits per heavy atom. The van der Waals surface area contributed by atoms with Crippen molar-refractivity contribution in [2.45, 2.75) is 13.8 Å². The van der Waals surface area contributed by atoms with Gasteiger partial charge in [-0.15, -0.1) is 0 Å². The molecule has 0 bridgehead atoms. The molecule has 5 heteroatoms. The molecule has 0 unspecified atom stereocenters. The maximum atomic E-state index is 12.3. The number of hydrogen-bond donors (Lipinski definition) is 1. The summed E-state index contributed by atoms with van der Waals surface area (Å²) in [5, 5.41) is 9.27. The van der Waals surface area contributed by atoms with Crippen LogP contribution in [0.5, 0.6) is 0 Å². The van der Waals surface area contributed by atoms with E-state index in [9.17, 15) is 10.1 Å². The summed E-state index contributed by atoms with van der Waals surface area (Å²) in [7, 11) is 3.92. The number of aryl methyl sites for hydroxylation is 2. The lowest BCUT2D eigenvalue weighted by atomic mass is 10.1. The van der Waals surface area contributed by atoms with E-state index < -0.39 is 5.91 Å². The predicted molar refractivity (Wildman–Crippen MR) is 92.6 cm³/mol. The molecular weight excluding hydrogens is 288 g/mol. The number of nitrogens with one attached hydrogen (secondary N) is 1. The number of carbonyl (C=O) groups is 1. The molecule has 0 aliphatic carbocycles. The van der Waals surface area contributed by atoms with Crippen molar-refractivity contribution in [2.24, 2.45) is 0 Å². The van der Waals surface area contributed by atoms with Crippen LogP contribution in [0.2, 0.25) is 0 Å². The largest absolute Gasteiger partial charge is 0.378 e. The molecule has 1 amide bonds. The van der Waals surface area contributed by atoms with Gasteiger partial charge in [0.1, 0.15) is 11.6 Å². The van der Waals surface area contributed by atoms with Crippen molar-refractivity contribution >= 4 is 17.7 Å². The number of nitrogens with zero attached hydrogens (tertiary/aromatic N) is 3. The molecule has 0 atom stereocenters. The second kappa shape index (κ2) is 6.84. The highest BCUT2D eigenvalue weighted by Crippen LogP contribution is 2.15. The first-order valence-corrected chi connectivity index (χ1v) is 7.28. The summed E-state index contributed by atoms with van der Waals surface area (Å²) in [5.74, 6) is -0.424. The van der Waals surface area contributed by atoms with Crippen molar-refractivity contribution < 1.29 is 4.79 Å². The molecule has 2 aromatic rings. The lowest BCUT2D eigenvalue weighted by Crippen LogP contribution is -2.25. The van der Waals surface area contributed by atoms with E-state index >= 15 is 0 Å². The summed E-state index contributed by atoms with van der Waals surface area (Å²) in [6.07, 6.45) is 1.59. The van der Waals surface area contributed by atoms with E-state index in [-0.39, 0.29) is 5.57 Å². The van der Waals surface area contributed by atoms with Crippen LogP contribution >= 0.6 is 0 Å². The van der Waals surface area contributed by atoms with Gasteiger partial charge in [-0.1, -0.05) is 12.1 Å².